The van der Waals surface area contributed by atoms with E-state index in [1.165, 1.54) is 6.07 Å². The SMILES string of the molecule is CN(C)Cc1ccc2cccc(NS(=O)(=O)c3ccccc3Cl)c2n1. The van der Waals surface area contributed by atoms with E-state index in [0.717, 1.165) is 11.1 Å². The molecule has 0 radical (unpaired) electrons. The van der Waals surface area contributed by atoms with Gasteiger partial charge in [-0.1, -0.05) is 41.9 Å². The summed E-state index contributed by atoms with van der Waals surface area (Å²) >= 11 is 6.04. The van der Waals surface area contributed by atoms with Crippen LogP contribution in [0.2, 0.25) is 5.02 Å². The summed E-state index contributed by atoms with van der Waals surface area (Å²) in [5.41, 5.74) is 1.90. The number of halogens is 1. The number of sulfonamides is 1. The summed E-state index contributed by atoms with van der Waals surface area (Å²) in [6.07, 6.45) is 0. The highest BCUT2D eigenvalue weighted by Crippen LogP contribution is 2.27. The van der Waals surface area contributed by atoms with Gasteiger partial charge in [-0.15, -0.1) is 0 Å². The Kier molecular flexibility index (Phi) is 4.94. The lowest BCUT2D eigenvalue weighted by Crippen LogP contribution is -2.15. The summed E-state index contributed by atoms with van der Waals surface area (Å²) in [7, 11) is 0.109. The van der Waals surface area contributed by atoms with Crippen LogP contribution in [0, 0.1) is 0 Å². The number of hydrogen-bond acceptors (Lipinski definition) is 4. The van der Waals surface area contributed by atoms with Crippen molar-refractivity contribution in [1.29, 1.82) is 0 Å². The smallest absolute Gasteiger partial charge is 0.263 e. The Balaban J connectivity index is 2.05. The van der Waals surface area contributed by atoms with Crippen LogP contribution < -0.4 is 4.72 Å². The predicted molar refractivity (Wildman–Crippen MR) is 101 cm³/mol. The molecule has 0 fully saturated rings. The zero-order valence-corrected chi connectivity index (χ0v) is 15.5. The number of rotatable bonds is 5. The molecular formula is C18H18ClN3O2S. The summed E-state index contributed by atoms with van der Waals surface area (Å²) in [4.78, 5) is 6.66. The lowest BCUT2D eigenvalue weighted by Gasteiger charge is -2.13. The van der Waals surface area contributed by atoms with Gasteiger partial charge in [-0.05, 0) is 38.4 Å². The van der Waals surface area contributed by atoms with Gasteiger partial charge in [0.1, 0.15) is 4.90 Å². The first-order valence-electron chi connectivity index (χ1n) is 7.67. The molecule has 0 bridgehead atoms. The highest BCUT2D eigenvalue weighted by molar-refractivity contribution is 7.92. The van der Waals surface area contributed by atoms with Crippen LogP contribution in [0.4, 0.5) is 5.69 Å². The quantitative estimate of drug-likeness (QED) is 0.737. The Labute approximate surface area is 152 Å². The van der Waals surface area contributed by atoms with Crippen LogP contribution in [-0.4, -0.2) is 32.4 Å². The highest BCUT2D eigenvalue weighted by atomic mass is 35.5. The molecule has 0 aliphatic rings. The maximum Gasteiger partial charge on any atom is 0.263 e. The number of aromatic nitrogens is 1. The monoisotopic (exact) mass is 375 g/mol. The summed E-state index contributed by atoms with van der Waals surface area (Å²) in [5.74, 6) is 0. The summed E-state index contributed by atoms with van der Waals surface area (Å²) in [6, 6.07) is 15.6. The molecule has 1 N–H and O–H groups in total. The van der Waals surface area contributed by atoms with Crippen LogP contribution in [0.3, 0.4) is 0 Å². The lowest BCUT2D eigenvalue weighted by atomic mass is 10.2. The zero-order chi connectivity index (χ0) is 18.0. The minimum atomic E-state index is -3.80. The molecule has 0 spiro atoms. The molecule has 130 valence electrons. The van der Waals surface area contributed by atoms with Crippen molar-refractivity contribution in [2.75, 3.05) is 18.8 Å². The summed E-state index contributed by atoms with van der Waals surface area (Å²) < 4.78 is 28.0. The largest absolute Gasteiger partial charge is 0.304 e. The number of nitrogens with one attached hydrogen (secondary N) is 1. The molecule has 0 aliphatic heterocycles. The van der Waals surface area contributed by atoms with Gasteiger partial charge < -0.3 is 4.90 Å². The molecule has 1 heterocycles. The van der Waals surface area contributed by atoms with Crippen molar-refractivity contribution < 1.29 is 8.42 Å². The van der Waals surface area contributed by atoms with Gasteiger partial charge in [-0.2, -0.15) is 0 Å². The predicted octanol–water partition coefficient (Wildman–Crippen LogP) is 3.75. The third-order valence-corrected chi connectivity index (χ3v) is 5.49. The first-order chi connectivity index (χ1) is 11.9. The van der Waals surface area contributed by atoms with Crippen LogP contribution in [0.5, 0.6) is 0 Å². The van der Waals surface area contributed by atoms with Crippen molar-refractivity contribution in [1.82, 2.24) is 9.88 Å². The fraction of sp³-hybridized carbons (Fsp3) is 0.167. The Morgan fingerprint density at radius 2 is 1.80 bits per heavy atom. The molecule has 25 heavy (non-hydrogen) atoms. The molecule has 3 aromatic rings. The number of fused-ring (bicyclic) bond motifs is 1. The number of hydrogen-bond donors (Lipinski definition) is 1. The van der Waals surface area contributed by atoms with Crippen molar-refractivity contribution in [2.45, 2.75) is 11.4 Å². The van der Waals surface area contributed by atoms with Crippen molar-refractivity contribution in [2.24, 2.45) is 0 Å². The summed E-state index contributed by atoms with van der Waals surface area (Å²) in [5, 5.41) is 1.04. The van der Waals surface area contributed by atoms with Gasteiger partial charge in [0.05, 0.1) is 21.9 Å². The van der Waals surface area contributed by atoms with Crippen molar-refractivity contribution in [3.63, 3.8) is 0 Å². The Bertz CT molecular complexity index is 1020. The van der Waals surface area contributed by atoms with E-state index in [2.05, 4.69) is 9.71 Å². The van der Waals surface area contributed by atoms with Crippen molar-refractivity contribution in [3.8, 4) is 0 Å². The second kappa shape index (κ2) is 7.00. The van der Waals surface area contributed by atoms with E-state index < -0.39 is 10.0 Å². The van der Waals surface area contributed by atoms with E-state index in [9.17, 15) is 8.42 Å². The first-order valence-corrected chi connectivity index (χ1v) is 9.54. The Morgan fingerprint density at radius 3 is 2.52 bits per heavy atom. The molecule has 0 unspecified atom stereocenters. The van der Waals surface area contributed by atoms with Crippen LogP contribution in [0.25, 0.3) is 10.9 Å². The van der Waals surface area contributed by atoms with E-state index >= 15 is 0 Å². The number of benzene rings is 2. The summed E-state index contributed by atoms with van der Waals surface area (Å²) in [6.45, 7) is 0.668. The average Bonchev–Trinajstić information content (AvgIpc) is 2.55. The second-order valence-electron chi connectivity index (χ2n) is 5.95. The molecule has 0 saturated heterocycles. The van der Waals surface area contributed by atoms with Crippen molar-refractivity contribution >= 4 is 38.2 Å². The highest BCUT2D eigenvalue weighted by Gasteiger charge is 2.19. The fourth-order valence-electron chi connectivity index (χ4n) is 2.54. The zero-order valence-electron chi connectivity index (χ0n) is 13.9. The number of para-hydroxylation sites is 1. The molecule has 0 saturated carbocycles. The van der Waals surface area contributed by atoms with Crippen LogP contribution in [0.1, 0.15) is 5.69 Å². The molecule has 0 atom stereocenters. The first kappa shape index (κ1) is 17.7. The van der Waals surface area contributed by atoms with Crippen LogP contribution >= 0.6 is 11.6 Å². The third-order valence-electron chi connectivity index (χ3n) is 3.63. The molecule has 3 rings (SSSR count). The van der Waals surface area contributed by atoms with Gasteiger partial charge in [0.15, 0.2) is 0 Å². The molecule has 7 heteroatoms. The van der Waals surface area contributed by atoms with Crippen molar-refractivity contribution in [3.05, 3.63) is 65.3 Å². The van der Waals surface area contributed by atoms with Gasteiger partial charge >= 0.3 is 0 Å². The molecule has 2 aromatic carbocycles. The van der Waals surface area contributed by atoms with Crippen LogP contribution in [-0.2, 0) is 16.6 Å². The lowest BCUT2D eigenvalue weighted by molar-refractivity contribution is 0.397. The van der Waals surface area contributed by atoms with Gasteiger partial charge in [0.25, 0.3) is 10.0 Å². The van der Waals surface area contributed by atoms with Crippen LogP contribution in [0.15, 0.2) is 59.5 Å². The molecule has 0 amide bonds. The van der Waals surface area contributed by atoms with E-state index in [4.69, 9.17) is 11.6 Å². The number of anilines is 1. The molecule has 0 aliphatic carbocycles. The van der Waals surface area contributed by atoms with Gasteiger partial charge in [-0.25, -0.2) is 13.4 Å². The van der Waals surface area contributed by atoms with E-state index in [1.807, 2.05) is 37.2 Å². The second-order valence-corrected chi connectivity index (χ2v) is 8.01. The molecule has 5 nitrogen and oxygen atoms in total. The fourth-order valence-corrected chi connectivity index (χ4v) is 4.13. The number of nitrogens with zero attached hydrogens (tertiary/aromatic N) is 2. The molecular weight excluding hydrogens is 358 g/mol. The standard InChI is InChI=1S/C18H18ClN3O2S/c1-22(2)12-14-11-10-13-6-5-8-16(18(13)20-14)21-25(23,24)17-9-4-3-7-15(17)19/h3-11,21H,12H2,1-2H3. The van der Waals surface area contributed by atoms with Gasteiger partial charge in [0.2, 0.25) is 0 Å². The normalized spacial score (nSPS) is 11.8. The molecule has 1 aromatic heterocycles. The number of pyridine rings is 1. The Morgan fingerprint density at radius 1 is 1.04 bits per heavy atom. The van der Waals surface area contributed by atoms with E-state index in [0.29, 0.717) is 17.7 Å². The maximum absolute atomic E-state index is 12.7. The van der Waals surface area contributed by atoms with Gasteiger partial charge in [-0.3, -0.25) is 4.72 Å². The minimum absolute atomic E-state index is 0.0399. The van der Waals surface area contributed by atoms with E-state index in [-0.39, 0.29) is 9.92 Å². The average molecular weight is 376 g/mol. The topological polar surface area (TPSA) is 62.3 Å². The minimum Gasteiger partial charge on any atom is -0.304 e. The van der Waals surface area contributed by atoms with Gasteiger partial charge in [0, 0.05) is 11.9 Å². The third kappa shape index (κ3) is 3.92. The van der Waals surface area contributed by atoms with E-state index in [1.54, 1.807) is 30.3 Å². The Hall–Kier alpha value is -2.15. The maximum atomic E-state index is 12.7.